The lowest BCUT2D eigenvalue weighted by Crippen LogP contribution is -2.53. The molecule has 0 amide bonds. The van der Waals surface area contributed by atoms with Gasteiger partial charge in [-0.2, -0.15) is 13.2 Å². The standard InChI is InChI=1S/C18H22F4N2O3S/c1-27-15-9-8-12(10-14(15)19)16-23-17(18(20,21)22,28(2,25)26)11-24(16)13-6-4-3-5-7-13/h3-7,12,14-15H,8-11H2,1-2H3. The molecule has 1 aromatic carbocycles. The van der Waals surface area contributed by atoms with Gasteiger partial charge in [-0.25, -0.2) is 17.8 Å². The van der Waals surface area contributed by atoms with E-state index in [1.807, 2.05) is 0 Å². The number of anilines is 1. The summed E-state index contributed by atoms with van der Waals surface area (Å²) in [6.07, 6.45) is -5.93. The second-order valence-electron chi connectivity index (χ2n) is 7.25. The van der Waals surface area contributed by atoms with Crippen LogP contribution in [0.5, 0.6) is 0 Å². The zero-order valence-corrected chi connectivity index (χ0v) is 16.3. The first-order valence-electron chi connectivity index (χ1n) is 8.85. The van der Waals surface area contributed by atoms with Gasteiger partial charge in [-0.3, -0.25) is 0 Å². The molecule has 3 rings (SSSR count). The summed E-state index contributed by atoms with van der Waals surface area (Å²) >= 11 is 0. The van der Waals surface area contributed by atoms with E-state index < -0.39 is 45.6 Å². The van der Waals surface area contributed by atoms with Gasteiger partial charge in [-0.1, -0.05) is 18.2 Å². The quantitative estimate of drug-likeness (QED) is 0.699. The maximum absolute atomic E-state index is 14.4. The van der Waals surface area contributed by atoms with Crippen molar-refractivity contribution < 1.29 is 30.7 Å². The topological polar surface area (TPSA) is 59.0 Å². The summed E-state index contributed by atoms with van der Waals surface area (Å²) in [5.74, 6) is -0.668. The summed E-state index contributed by atoms with van der Waals surface area (Å²) in [4.78, 5) is 1.75. The molecule has 0 aromatic heterocycles. The summed E-state index contributed by atoms with van der Waals surface area (Å²) in [5.41, 5.74) is 0.389. The summed E-state index contributed by atoms with van der Waals surface area (Å²) in [7, 11) is -3.25. The number of hydrogen-bond acceptors (Lipinski definition) is 5. The fourth-order valence-electron chi connectivity index (χ4n) is 3.87. The third-order valence-electron chi connectivity index (χ3n) is 5.45. The Morgan fingerprint density at radius 1 is 1.21 bits per heavy atom. The van der Waals surface area contributed by atoms with E-state index in [1.165, 1.54) is 12.0 Å². The van der Waals surface area contributed by atoms with Crippen LogP contribution in [0.25, 0.3) is 0 Å². The number of benzene rings is 1. The Kier molecular flexibility index (Phi) is 5.48. The fourth-order valence-corrected chi connectivity index (χ4v) is 4.91. The van der Waals surface area contributed by atoms with Crippen LogP contribution in [-0.2, 0) is 14.6 Å². The average Bonchev–Trinajstić information content (AvgIpc) is 3.04. The van der Waals surface area contributed by atoms with Crippen LogP contribution in [0.1, 0.15) is 19.3 Å². The number of amidine groups is 1. The number of ether oxygens (including phenoxy) is 1. The molecule has 0 radical (unpaired) electrons. The van der Waals surface area contributed by atoms with E-state index in [9.17, 15) is 26.0 Å². The minimum atomic E-state index is -5.10. The van der Waals surface area contributed by atoms with Gasteiger partial charge < -0.3 is 9.64 Å². The number of aliphatic imine (C=N–C) groups is 1. The predicted molar refractivity (Wildman–Crippen MR) is 97.9 cm³/mol. The first-order valence-corrected chi connectivity index (χ1v) is 10.7. The molecule has 4 atom stereocenters. The highest BCUT2D eigenvalue weighted by atomic mass is 32.2. The van der Waals surface area contributed by atoms with Crippen molar-refractivity contribution >= 4 is 21.4 Å². The summed E-state index contributed by atoms with van der Waals surface area (Å²) in [6, 6.07) is 8.14. The molecular formula is C18H22F4N2O3S. The molecular weight excluding hydrogens is 400 g/mol. The number of para-hydroxylation sites is 1. The Morgan fingerprint density at radius 3 is 2.36 bits per heavy atom. The SMILES string of the molecule is COC1CCC(C2=NC(C(F)(F)F)(S(C)(=O)=O)CN2c2ccccc2)CC1F. The van der Waals surface area contributed by atoms with Crippen LogP contribution >= 0.6 is 0 Å². The van der Waals surface area contributed by atoms with Gasteiger partial charge in [0.1, 0.15) is 12.0 Å². The van der Waals surface area contributed by atoms with E-state index in [0.717, 1.165) is 0 Å². The molecule has 4 unspecified atom stereocenters. The van der Waals surface area contributed by atoms with Crippen LogP contribution in [0.4, 0.5) is 23.2 Å². The van der Waals surface area contributed by atoms with Gasteiger partial charge in [-0.05, 0) is 31.4 Å². The molecule has 1 aliphatic heterocycles. The monoisotopic (exact) mass is 422 g/mol. The maximum Gasteiger partial charge on any atom is 0.429 e. The zero-order valence-electron chi connectivity index (χ0n) is 15.5. The highest BCUT2D eigenvalue weighted by Gasteiger charge is 2.66. The lowest BCUT2D eigenvalue weighted by atomic mass is 9.85. The molecule has 1 fully saturated rings. The van der Waals surface area contributed by atoms with E-state index in [0.29, 0.717) is 24.8 Å². The Balaban J connectivity index is 2.08. The lowest BCUT2D eigenvalue weighted by molar-refractivity contribution is -0.155. The summed E-state index contributed by atoms with van der Waals surface area (Å²) in [5, 5.41) is 0. The van der Waals surface area contributed by atoms with Crippen molar-refractivity contribution in [1.82, 2.24) is 0 Å². The normalized spacial score (nSPS) is 31.7. The van der Waals surface area contributed by atoms with Crippen LogP contribution in [-0.4, -0.2) is 57.5 Å². The van der Waals surface area contributed by atoms with Crippen molar-refractivity contribution in [2.75, 3.05) is 24.8 Å². The first kappa shape index (κ1) is 21.0. The number of methoxy groups -OCH3 is 1. The van der Waals surface area contributed by atoms with Gasteiger partial charge in [0, 0.05) is 25.0 Å². The first-order chi connectivity index (χ1) is 13.0. The van der Waals surface area contributed by atoms with E-state index in [2.05, 4.69) is 4.99 Å². The molecule has 28 heavy (non-hydrogen) atoms. The highest BCUT2D eigenvalue weighted by Crippen LogP contribution is 2.45. The highest BCUT2D eigenvalue weighted by molar-refractivity contribution is 7.92. The lowest BCUT2D eigenvalue weighted by Gasteiger charge is -2.34. The minimum absolute atomic E-state index is 0.0360. The molecule has 156 valence electrons. The number of halogens is 4. The summed E-state index contributed by atoms with van der Waals surface area (Å²) < 4.78 is 85.7. The van der Waals surface area contributed by atoms with E-state index in [-0.39, 0.29) is 12.3 Å². The molecule has 0 saturated heterocycles. The molecule has 1 saturated carbocycles. The van der Waals surface area contributed by atoms with Crippen molar-refractivity contribution in [3.63, 3.8) is 0 Å². The Labute approximate surface area is 161 Å². The molecule has 0 bridgehead atoms. The Hall–Kier alpha value is -1.68. The van der Waals surface area contributed by atoms with Crippen LogP contribution in [0.3, 0.4) is 0 Å². The molecule has 10 heteroatoms. The largest absolute Gasteiger partial charge is 0.429 e. The molecule has 0 spiro atoms. The number of nitrogens with zero attached hydrogens (tertiary/aromatic N) is 2. The van der Waals surface area contributed by atoms with Gasteiger partial charge in [0.15, 0.2) is 9.84 Å². The van der Waals surface area contributed by atoms with E-state index >= 15 is 0 Å². The van der Waals surface area contributed by atoms with E-state index in [1.54, 1.807) is 30.3 Å². The van der Waals surface area contributed by atoms with Crippen molar-refractivity contribution in [1.29, 1.82) is 0 Å². The maximum atomic E-state index is 14.4. The molecule has 5 nitrogen and oxygen atoms in total. The third kappa shape index (κ3) is 3.52. The number of sulfone groups is 1. The zero-order chi connectivity index (χ0) is 20.7. The summed E-state index contributed by atoms with van der Waals surface area (Å²) in [6.45, 7) is -0.879. The molecule has 1 aliphatic carbocycles. The van der Waals surface area contributed by atoms with Crippen molar-refractivity contribution in [2.24, 2.45) is 10.9 Å². The number of rotatable bonds is 4. The van der Waals surface area contributed by atoms with Gasteiger partial charge >= 0.3 is 6.18 Å². The second kappa shape index (κ2) is 7.29. The van der Waals surface area contributed by atoms with Crippen molar-refractivity contribution in [2.45, 2.75) is 42.6 Å². The van der Waals surface area contributed by atoms with Gasteiger partial charge in [-0.15, -0.1) is 0 Å². The fraction of sp³-hybridized carbons (Fsp3) is 0.611. The Bertz CT molecular complexity index is 844. The van der Waals surface area contributed by atoms with Crippen LogP contribution < -0.4 is 4.90 Å². The van der Waals surface area contributed by atoms with Crippen molar-refractivity contribution in [3.05, 3.63) is 30.3 Å². The van der Waals surface area contributed by atoms with Gasteiger partial charge in [0.25, 0.3) is 4.87 Å². The number of hydrogen-bond donors (Lipinski definition) is 0. The van der Waals surface area contributed by atoms with Gasteiger partial charge in [0.05, 0.1) is 12.6 Å². The smallest absolute Gasteiger partial charge is 0.378 e. The van der Waals surface area contributed by atoms with Crippen LogP contribution in [0.2, 0.25) is 0 Å². The Morgan fingerprint density at radius 2 is 1.86 bits per heavy atom. The van der Waals surface area contributed by atoms with E-state index in [4.69, 9.17) is 4.74 Å². The number of alkyl halides is 4. The minimum Gasteiger partial charge on any atom is -0.378 e. The molecule has 1 aromatic rings. The average molecular weight is 422 g/mol. The predicted octanol–water partition coefficient (Wildman–Crippen LogP) is 3.36. The third-order valence-corrected chi connectivity index (χ3v) is 7.13. The van der Waals surface area contributed by atoms with Gasteiger partial charge in [0.2, 0.25) is 0 Å². The second-order valence-corrected chi connectivity index (χ2v) is 9.47. The molecule has 2 aliphatic rings. The van der Waals surface area contributed by atoms with Crippen molar-refractivity contribution in [3.8, 4) is 0 Å². The molecule has 1 heterocycles. The van der Waals surface area contributed by atoms with Crippen LogP contribution in [0, 0.1) is 5.92 Å². The molecule has 0 N–H and O–H groups in total. The van der Waals surface area contributed by atoms with Crippen LogP contribution in [0.15, 0.2) is 35.3 Å².